The molecule has 49 heavy (non-hydrogen) atoms. The van der Waals surface area contributed by atoms with Gasteiger partial charge in [-0.1, -0.05) is 131 Å². The maximum Gasteiger partial charge on any atom is 0.210 e. The zero-order chi connectivity index (χ0) is 34.0. The van der Waals surface area contributed by atoms with Gasteiger partial charge < -0.3 is 9.64 Å². The van der Waals surface area contributed by atoms with Gasteiger partial charge in [-0.3, -0.25) is 0 Å². The van der Waals surface area contributed by atoms with Crippen LogP contribution < -0.4 is 9.64 Å². The van der Waals surface area contributed by atoms with E-state index in [1.54, 1.807) is 7.11 Å². The molecule has 2 aliphatic heterocycles. The van der Waals surface area contributed by atoms with Gasteiger partial charge >= 0.3 is 0 Å². The number of hydrogen-bond acceptors (Lipinski definition) is 2. The average Bonchev–Trinajstić information content (AvgIpc) is 3.49. The summed E-state index contributed by atoms with van der Waals surface area (Å²) >= 11 is 0. The Morgan fingerprint density at radius 3 is 2.06 bits per heavy atom. The highest BCUT2D eigenvalue weighted by molar-refractivity contribution is 6.05. The molecule has 248 valence electrons. The van der Waals surface area contributed by atoms with Gasteiger partial charge in [0.05, 0.1) is 18.2 Å². The number of fused-ring (bicyclic) bond motifs is 4. The molecule has 2 aliphatic rings. The number of allylic oxidation sites excluding steroid dienone is 4. The van der Waals surface area contributed by atoms with Crippen LogP contribution in [0.4, 0.5) is 11.4 Å². The minimum absolute atomic E-state index is 0.121. The summed E-state index contributed by atoms with van der Waals surface area (Å²) in [5.74, 6) is 0.904. The Bertz CT molecular complexity index is 2010. The summed E-state index contributed by atoms with van der Waals surface area (Å²) in [6, 6.07) is 42.2. The summed E-state index contributed by atoms with van der Waals surface area (Å²) in [7, 11) is 1.78. The van der Waals surface area contributed by atoms with Crippen LogP contribution in [-0.2, 0) is 23.7 Å². The molecule has 0 fully saturated rings. The lowest BCUT2D eigenvalue weighted by Gasteiger charge is -2.29. The summed E-state index contributed by atoms with van der Waals surface area (Å²) in [5, 5.41) is 2.63. The van der Waals surface area contributed by atoms with E-state index in [1.807, 2.05) is 0 Å². The molecule has 0 spiro atoms. The highest BCUT2D eigenvalue weighted by Crippen LogP contribution is 2.51. The molecule has 0 bridgehead atoms. The monoisotopic (exact) mass is 645 g/mol. The Morgan fingerprint density at radius 1 is 0.735 bits per heavy atom. The number of ether oxygens (including phenoxy) is 1. The zero-order valence-corrected chi connectivity index (χ0v) is 29.7. The lowest BCUT2D eigenvalue weighted by molar-refractivity contribution is -0.437. The molecule has 0 amide bonds. The van der Waals surface area contributed by atoms with Gasteiger partial charge in [-0.2, -0.15) is 4.58 Å². The molecule has 5 aromatic carbocycles. The van der Waals surface area contributed by atoms with Gasteiger partial charge in [0.15, 0.2) is 5.71 Å². The van der Waals surface area contributed by atoms with Crippen LogP contribution in [-0.4, -0.2) is 30.5 Å². The van der Waals surface area contributed by atoms with Gasteiger partial charge in [0.25, 0.3) is 0 Å². The molecular weight excluding hydrogens is 597 g/mol. The molecule has 0 atom stereocenters. The fourth-order valence-corrected chi connectivity index (χ4v) is 8.45. The normalized spacial score (nSPS) is 16.9. The Balaban J connectivity index is 1.41. The lowest BCUT2D eigenvalue weighted by Crippen LogP contribution is -2.39. The molecule has 3 heteroatoms. The van der Waals surface area contributed by atoms with Crippen LogP contribution in [0.2, 0.25) is 0 Å². The summed E-state index contributed by atoms with van der Waals surface area (Å²) in [6.45, 7) is 11.3. The van der Waals surface area contributed by atoms with Gasteiger partial charge in [-0.15, -0.1) is 0 Å². The number of methoxy groups -OCH3 is 1. The smallest absolute Gasteiger partial charge is 0.210 e. The van der Waals surface area contributed by atoms with E-state index in [0.717, 1.165) is 44.5 Å². The Kier molecular flexibility index (Phi) is 9.03. The van der Waals surface area contributed by atoms with Crippen LogP contribution >= 0.6 is 0 Å². The largest absolute Gasteiger partial charge is 0.497 e. The molecule has 0 saturated carbocycles. The Labute approximate surface area is 292 Å². The van der Waals surface area contributed by atoms with Crippen LogP contribution in [0, 0.1) is 0 Å². The fourth-order valence-electron chi connectivity index (χ4n) is 8.45. The highest BCUT2D eigenvalue weighted by Gasteiger charge is 2.51. The second-order valence-corrected chi connectivity index (χ2v) is 14.2. The number of anilines is 1. The third kappa shape index (κ3) is 5.80. The zero-order valence-electron chi connectivity index (χ0n) is 29.7. The minimum atomic E-state index is -0.287. The van der Waals surface area contributed by atoms with Gasteiger partial charge in [0.1, 0.15) is 12.3 Å². The van der Waals surface area contributed by atoms with Crippen molar-refractivity contribution in [1.82, 2.24) is 0 Å². The molecule has 0 radical (unpaired) electrons. The molecule has 0 aliphatic carbocycles. The van der Waals surface area contributed by atoms with Gasteiger partial charge in [-0.25, -0.2) is 0 Å². The van der Waals surface area contributed by atoms with E-state index in [2.05, 4.69) is 171 Å². The van der Waals surface area contributed by atoms with E-state index in [9.17, 15) is 0 Å². The van der Waals surface area contributed by atoms with Crippen LogP contribution in [0.15, 0.2) is 139 Å². The molecule has 7 rings (SSSR count). The third-order valence-electron chi connectivity index (χ3n) is 10.7. The van der Waals surface area contributed by atoms with E-state index in [0.29, 0.717) is 0 Å². The van der Waals surface area contributed by atoms with Gasteiger partial charge in [-0.05, 0) is 59.5 Å². The topological polar surface area (TPSA) is 15.5 Å². The summed E-state index contributed by atoms with van der Waals surface area (Å²) in [6.07, 6.45) is 11.1. The molecule has 0 saturated heterocycles. The molecular formula is C46H49N2O+. The van der Waals surface area contributed by atoms with Gasteiger partial charge in [0.2, 0.25) is 5.69 Å². The summed E-state index contributed by atoms with van der Waals surface area (Å²) in [4.78, 5) is 2.59. The maximum absolute atomic E-state index is 5.87. The molecule has 2 heterocycles. The second-order valence-electron chi connectivity index (χ2n) is 14.2. The lowest BCUT2D eigenvalue weighted by atomic mass is 9.69. The standard InChI is InChI=1S/C46H49N2O/c1-6-29-47-41-28-26-37(49-5)31-40(41)46(32-34-17-10-8-11-18-34,33-35-19-12-9-13-20-35)43(47)24-16-23-42-45(3,4)39-27-25-36-21-14-15-22-38(36)44(39)48(42)30-7-2/h8-28,31H,6-7,29-30,32-33H2,1-5H3/q+1. The van der Waals surface area contributed by atoms with Crippen molar-refractivity contribution in [1.29, 1.82) is 0 Å². The van der Waals surface area contributed by atoms with E-state index in [4.69, 9.17) is 4.74 Å². The third-order valence-corrected chi connectivity index (χ3v) is 10.7. The van der Waals surface area contributed by atoms with Crippen molar-refractivity contribution in [3.8, 4) is 5.75 Å². The number of rotatable bonds is 11. The van der Waals surface area contributed by atoms with Crippen molar-refractivity contribution in [2.75, 3.05) is 25.1 Å². The van der Waals surface area contributed by atoms with E-state index in [-0.39, 0.29) is 10.8 Å². The Hall–Kier alpha value is -4.89. The van der Waals surface area contributed by atoms with Crippen molar-refractivity contribution < 1.29 is 9.31 Å². The Morgan fingerprint density at radius 2 is 1.41 bits per heavy atom. The van der Waals surface area contributed by atoms with Gasteiger partial charge in [0, 0.05) is 47.2 Å². The number of nitrogens with zero attached hydrogens (tertiary/aromatic N) is 2. The highest BCUT2D eigenvalue weighted by atomic mass is 16.5. The van der Waals surface area contributed by atoms with E-state index >= 15 is 0 Å². The maximum atomic E-state index is 5.87. The second kappa shape index (κ2) is 13.6. The van der Waals surface area contributed by atoms with Crippen LogP contribution in [0.3, 0.4) is 0 Å². The quantitative estimate of drug-likeness (QED) is 0.133. The first kappa shape index (κ1) is 32.6. The van der Waals surface area contributed by atoms with E-state index in [1.165, 1.54) is 55.8 Å². The predicted molar refractivity (Wildman–Crippen MR) is 207 cm³/mol. The van der Waals surface area contributed by atoms with Crippen molar-refractivity contribution in [2.45, 2.75) is 64.2 Å². The van der Waals surface area contributed by atoms with Crippen LogP contribution in [0.5, 0.6) is 5.75 Å². The molecule has 3 nitrogen and oxygen atoms in total. The first-order chi connectivity index (χ1) is 23.9. The van der Waals surface area contributed by atoms with Crippen LogP contribution in [0.1, 0.15) is 62.8 Å². The van der Waals surface area contributed by atoms with Crippen molar-refractivity contribution in [3.63, 3.8) is 0 Å². The first-order valence-corrected chi connectivity index (χ1v) is 18.0. The average molecular weight is 646 g/mol. The van der Waals surface area contributed by atoms with Crippen molar-refractivity contribution in [3.05, 3.63) is 161 Å². The SMILES string of the molecule is CCCN1/C(=C/C=C/C2=[N+](CCC)c3ccc(OC)cc3C2(Cc2ccccc2)Cc2ccccc2)C(C)(C)c2ccc3ccccc3c21. The van der Waals surface area contributed by atoms with Crippen molar-refractivity contribution >= 4 is 27.9 Å². The molecule has 0 unspecified atom stereocenters. The fraction of sp³-hybridized carbons (Fsp3) is 0.283. The number of hydrogen-bond donors (Lipinski definition) is 0. The minimum Gasteiger partial charge on any atom is -0.497 e. The first-order valence-electron chi connectivity index (χ1n) is 18.0. The van der Waals surface area contributed by atoms with Crippen LogP contribution in [0.25, 0.3) is 10.8 Å². The molecule has 5 aromatic rings. The summed E-state index contributed by atoms with van der Waals surface area (Å²) in [5.41, 5.74) is 10.4. The van der Waals surface area contributed by atoms with E-state index < -0.39 is 0 Å². The molecule has 0 N–H and O–H groups in total. The summed E-state index contributed by atoms with van der Waals surface area (Å²) < 4.78 is 8.46. The van der Waals surface area contributed by atoms with Crippen molar-refractivity contribution in [2.24, 2.45) is 0 Å². The number of benzene rings is 5. The predicted octanol–water partition coefficient (Wildman–Crippen LogP) is 10.7. The molecule has 0 aromatic heterocycles.